The molecule has 0 saturated carbocycles. The Morgan fingerprint density at radius 3 is 2.68 bits per heavy atom. The largest absolute Gasteiger partial charge is 0.493 e. The van der Waals surface area contributed by atoms with Crippen LogP contribution in [0.25, 0.3) is 0 Å². The predicted molar refractivity (Wildman–Crippen MR) is 75.8 cm³/mol. The summed E-state index contributed by atoms with van der Waals surface area (Å²) in [6.07, 6.45) is 0. The maximum atomic E-state index is 8.82. The van der Waals surface area contributed by atoms with Gasteiger partial charge in [0, 0.05) is 19.6 Å². The van der Waals surface area contributed by atoms with Crippen molar-refractivity contribution in [3.8, 4) is 11.5 Å². The molecule has 5 heteroatoms. The van der Waals surface area contributed by atoms with Gasteiger partial charge in [0.1, 0.15) is 6.61 Å². The molecule has 0 atom stereocenters. The minimum Gasteiger partial charge on any atom is -0.493 e. The Kier molecular flexibility index (Phi) is 7.25. The van der Waals surface area contributed by atoms with Crippen LogP contribution in [0.1, 0.15) is 5.56 Å². The summed E-state index contributed by atoms with van der Waals surface area (Å²) in [5.74, 6) is 1.50. The van der Waals surface area contributed by atoms with Gasteiger partial charge in [0.15, 0.2) is 11.5 Å². The van der Waals surface area contributed by atoms with Gasteiger partial charge in [-0.25, -0.2) is 0 Å². The summed E-state index contributed by atoms with van der Waals surface area (Å²) in [7, 11) is 5.50. The van der Waals surface area contributed by atoms with Crippen LogP contribution >= 0.6 is 0 Å². The zero-order valence-electron chi connectivity index (χ0n) is 12.0. The Morgan fingerprint density at radius 2 is 2.05 bits per heavy atom. The summed E-state index contributed by atoms with van der Waals surface area (Å²) < 4.78 is 11.0. The van der Waals surface area contributed by atoms with Gasteiger partial charge in [0.25, 0.3) is 0 Å². The van der Waals surface area contributed by atoms with E-state index in [2.05, 4.69) is 5.32 Å². The normalized spacial score (nSPS) is 10.8. The van der Waals surface area contributed by atoms with Crippen molar-refractivity contribution in [2.75, 3.05) is 47.5 Å². The first-order valence-electron chi connectivity index (χ1n) is 6.45. The van der Waals surface area contributed by atoms with Crippen LogP contribution in [0.5, 0.6) is 11.5 Å². The molecule has 108 valence electrons. The molecule has 5 nitrogen and oxygen atoms in total. The quantitative estimate of drug-likeness (QED) is 0.691. The van der Waals surface area contributed by atoms with Crippen LogP contribution in [-0.4, -0.2) is 57.5 Å². The van der Waals surface area contributed by atoms with Crippen LogP contribution in [0.3, 0.4) is 0 Å². The number of nitrogens with one attached hydrogen (secondary N) is 1. The highest BCUT2D eigenvalue weighted by molar-refractivity contribution is 5.42. The Morgan fingerprint density at radius 1 is 1.26 bits per heavy atom. The van der Waals surface area contributed by atoms with Crippen LogP contribution in [0.15, 0.2) is 18.2 Å². The van der Waals surface area contributed by atoms with E-state index in [1.807, 2.05) is 37.2 Å². The van der Waals surface area contributed by atoms with E-state index in [1.54, 1.807) is 7.11 Å². The number of aliphatic hydroxyl groups excluding tert-OH is 1. The van der Waals surface area contributed by atoms with Gasteiger partial charge in [0.05, 0.1) is 13.7 Å². The molecular formula is C14H24N2O3. The smallest absolute Gasteiger partial charge is 0.161 e. The van der Waals surface area contributed by atoms with E-state index >= 15 is 0 Å². The summed E-state index contributed by atoms with van der Waals surface area (Å²) >= 11 is 0. The monoisotopic (exact) mass is 268 g/mol. The molecule has 1 rings (SSSR count). The molecule has 0 fully saturated rings. The lowest BCUT2D eigenvalue weighted by atomic mass is 10.2. The zero-order valence-corrected chi connectivity index (χ0v) is 12.0. The molecule has 0 spiro atoms. The minimum absolute atomic E-state index is 0.164. The number of hydrogen-bond acceptors (Lipinski definition) is 5. The van der Waals surface area contributed by atoms with Gasteiger partial charge >= 0.3 is 0 Å². The number of hydrogen-bond donors (Lipinski definition) is 2. The highest BCUT2D eigenvalue weighted by Crippen LogP contribution is 2.27. The molecule has 0 bridgehead atoms. The summed E-state index contributed by atoms with van der Waals surface area (Å²) in [5.41, 5.74) is 1.15. The van der Waals surface area contributed by atoms with Crippen molar-refractivity contribution in [2.45, 2.75) is 6.54 Å². The number of ether oxygens (including phenoxy) is 2. The third-order valence-corrected chi connectivity index (χ3v) is 2.82. The molecule has 0 heterocycles. The molecule has 1 aromatic rings. The topological polar surface area (TPSA) is 54.0 Å². The van der Waals surface area contributed by atoms with Gasteiger partial charge in [-0.3, -0.25) is 0 Å². The third-order valence-electron chi connectivity index (χ3n) is 2.82. The number of rotatable bonds is 9. The third kappa shape index (κ3) is 5.46. The first kappa shape index (κ1) is 15.8. The lowest BCUT2D eigenvalue weighted by Gasteiger charge is -2.17. The molecule has 1 aromatic carbocycles. The van der Waals surface area contributed by atoms with E-state index < -0.39 is 0 Å². The van der Waals surface area contributed by atoms with Gasteiger partial charge in [-0.2, -0.15) is 0 Å². The summed E-state index contributed by atoms with van der Waals surface area (Å²) in [4.78, 5) is 2.02. The van der Waals surface area contributed by atoms with Crippen LogP contribution in [-0.2, 0) is 6.54 Å². The molecule has 0 aliphatic carbocycles. The minimum atomic E-state index is 0.164. The Labute approximate surface area is 115 Å². The van der Waals surface area contributed by atoms with E-state index in [0.29, 0.717) is 13.2 Å². The molecule has 0 unspecified atom stereocenters. The maximum Gasteiger partial charge on any atom is 0.161 e. The first-order valence-corrected chi connectivity index (χ1v) is 6.45. The number of methoxy groups -OCH3 is 1. The molecule has 2 N–H and O–H groups in total. The summed E-state index contributed by atoms with van der Waals surface area (Å²) in [6, 6.07) is 5.92. The second-order valence-electron chi connectivity index (χ2n) is 4.39. The number of benzene rings is 1. The lowest BCUT2D eigenvalue weighted by molar-refractivity contribution is 0.190. The molecule has 0 aliphatic heterocycles. The average molecular weight is 268 g/mol. The standard InChI is InChI=1S/C14H24N2O3/c1-15-11-12-4-5-13(18-3)14(10-12)19-9-7-16(2)6-8-17/h4-5,10,15,17H,6-9,11H2,1-3H3. The number of nitrogens with zero attached hydrogens (tertiary/aromatic N) is 1. The fourth-order valence-corrected chi connectivity index (χ4v) is 1.74. The van der Waals surface area contributed by atoms with E-state index in [-0.39, 0.29) is 6.61 Å². The predicted octanol–water partition coefficient (Wildman–Crippen LogP) is 0.717. The van der Waals surface area contributed by atoms with Crippen molar-refractivity contribution in [1.82, 2.24) is 10.2 Å². The van der Waals surface area contributed by atoms with Crippen molar-refractivity contribution < 1.29 is 14.6 Å². The Hall–Kier alpha value is -1.30. The molecule has 0 radical (unpaired) electrons. The molecule has 0 amide bonds. The Bertz CT molecular complexity index is 372. The summed E-state index contributed by atoms with van der Waals surface area (Å²) in [5, 5.41) is 11.9. The SMILES string of the molecule is CNCc1ccc(OC)c(OCCN(C)CCO)c1. The average Bonchev–Trinajstić information content (AvgIpc) is 2.40. The van der Waals surface area contributed by atoms with E-state index in [9.17, 15) is 0 Å². The van der Waals surface area contributed by atoms with Crippen molar-refractivity contribution in [1.29, 1.82) is 0 Å². The van der Waals surface area contributed by atoms with Crippen LogP contribution in [0.4, 0.5) is 0 Å². The first-order chi connectivity index (χ1) is 9.21. The molecule has 0 aromatic heterocycles. The van der Waals surface area contributed by atoms with Crippen molar-refractivity contribution >= 4 is 0 Å². The second kappa shape index (κ2) is 8.74. The summed E-state index contributed by atoms with van der Waals surface area (Å²) in [6.45, 7) is 2.94. The van der Waals surface area contributed by atoms with Crippen LogP contribution < -0.4 is 14.8 Å². The van der Waals surface area contributed by atoms with Gasteiger partial charge in [-0.15, -0.1) is 0 Å². The molecule has 0 aliphatic rings. The highest BCUT2D eigenvalue weighted by Gasteiger charge is 2.06. The van der Waals surface area contributed by atoms with Gasteiger partial charge in [-0.05, 0) is 31.8 Å². The van der Waals surface area contributed by atoms with E-state index in [0.717, 1.165) is 30.2 Å². The Balaban J connectivity index is 2.57. The molecule has 0 saturated heterocycles. The highest BCUT2D eigenvalue weighted by atomic mass is 16.5. The van der Waals surface area contributed by atoms with E-state index in [1.165, 1.54) is 0 Å². The maximum absolute atomic E-state index is 8.82. The molecule has 19 heavy (non-hydrogen) atoms. The fourth-order valence-electron chi connectivity index (χ4n) is 1.74. The number of aliphatic hydroxyl groups is 1. The van der Waals surface area contributed by atoms with Crippen LogP contribution in [0.2, 0.25) is 0 Å². The lowest BCUT2D eigenvalue weighted by Crippen LogP contribution is -2.27. The second-order valence-corrected chi connectivity index (χ2v) is 4.39. The fraction of sp³-hybridized carbons (Fsp3) is 0.571. The van der Waals surface area contributed by atoms with Gasteiger partial charge in [-0.1, -0.05) is 6.07 Å². The van der Waals surface area contributed by atoms with Gasteiger partial charge < -0.3 is 24.8 Å². The zero-order chi connectivity index (χ0) is 14.1. The molecular weight excluding hydrogens is 244 g/mol. The van der Waals surface area contributed by atoms with Crippen molar-refractivity contribution in [3.63, 3.8) is 0 Å². The van der Waals surface area contributed by atoms with Gasteiger partial charge in [0.2, 0.25) is 0 Å². The van der Waals surface area contributed by atoms with Crippen molar-refractivity contribution in [3.05, 3.63) is 23.8 Å². The number of likely N-dealkylation sites (N-methyl/N-ethyl adjacent to an activating group) is 1. The van der Waals surface area contributed by atoms with E-state index in [4.69, 9.17) is 14.6 Å². The van der Waals surface area contributed by atoms with Crippen LogP contribution in [0, 0.1) is 0 Å². The van der Waals surface area contributed by atoms with Crippen molar-refractivity contribution in [2.24, 2.45) is 0 Å².